The maximum Gasteiger partial charge on any atom is 0.311 e. The molecule has 0 amide bonds. The molecule has 0 aliphatic heterocycles. The van der Waals surface area contributed by atoms with Crippen LogP contribution in [-0.2, 0) is 6.54 Å². The van der Waals surface area contributed by atoms with E-state index in [0.717, 1.165) is 18.0 Å². The molecule has 0 aromatic heterocycles. The Morgan fingerprint density at radius 1 is 1.50 bits per heavy atom. The van der Waals surface area contributed by atoms with Gasteiger partial charge < -0.3 is 10.1 Å². The average molecular weight is 250 g/mol. The molecule has 1 saturated carbocycles. The van der Waals surface area contributed by atoms with Crippen LogP contribution in [-0.4, -0.2) is 18.6 Å². The first-order valence-electron chi connectivity index (χ1n) is 6.22. The van der Waals surface area contributed by atoms with Gasteiger partial charge in [0.1, 0.15) is 0 Å². The van der Waals surface area contributed by atoms with Crippen LogP contribution in [0.25, 0.3) is 0 Å². The van der Waals surface area contributed by atoms with E-state index < -0.39 is 4.92 Å². The summed E-state index contributed by atoms with van der Waals surface area (Å²) in [5, 5.41) is 14.2. The third kappa shape index (κ3) is 2.98. The van der Waals surface area contributed by atoms with Gasteiger partial charge in [0.05, 0.1) is 12.0 Å². The summed E-state index contributed by atoms with van der Waals surface area (Å²) < 4.78 is 4.97. The fourth-order valence-corrected chi connectivity index (χ4v) is 2.11. The molecule has 18 heavy (non-hydrogen) atoms. The molecule has 1 aromatic rings. The molecule has 98 valence electrons. The molecule has 2 rings (SSSR count). The quantitative estimate of drug-likeness (QED) is 0.622. The lowest BCUT2D eigenvalue weighted by Gasteiger charge is -2.25. The molecular formula is C13H18N2O3. The lowest BCUT2D eigenvalue weighted by Crippen LogP contribution is -2.26. The standard InChI is InChI=1S/C13H18N2O3/c1-18-13-6-5-11(7-12(13)15(16)17)9-14-8-10-3-2-4-10/h5-7,10,14H,2-4,8-9H2,1H3. The van der Waals surface area contributed by atoms with Crippen LogP contribution in [0.3, 0.4) is 0 Å². The molecule has 0 atom stereocenters. The number of nitro benzene ring substituents is 1. The number of hydrogen-bond donors (Lipinski definition) is 1. The van der Waals surface area contributed by atoms with Crippen molar-refractivity contribution in [3.63, 3.8) is 0 Å². The van der Waals surface area contributed by atoms with Crippen molar-refractivity contribution in [2.45, 2.75) is 25.8 Å². The van der Waals surface area contributed by atoms with E-state index in [4.69, 9.17) is 4.74 Å². The average Bonchev–Trinajstić information content (AvgIpc) is 2.32. The second-order valence-corrected chi connectivity index (χ2v) is 4.69. The number of nitro groups is 1. The van der Waals surface area contributed by atoms with E-state index in [1.54, 1.807) is 12.1 Å². The highest BCUT2D eigenvalue weighted by Gasteiger charge is 2.17. The second kappa shape index (κ2) is 5.82. The van der Waals surface area contributed by atoms with Gasteiger partial charge in [-0.25, -0.2) is 0 Å². The highest BCUT2D eigenvalue weighted by Crippen LogP contribution is 2.28. The molecule has 0 unspecified atom stereocenters. The molecule has 1 aliphatic carbocycles. The zero-order chi connectivity index (χ0) is 13.0. The summed E-state index contributed by atoms with van der Waals surface area (Å²) in [6.07, 6.45) is 3.94. The number of methoxy groups -OCH3 is 1. The molecular weight excluding hydrogens is 232 g/mol. The van der Waals surface area contributed by atoms with Gasteiger partial charge in [0, 0.05) is 12.6 Å². The fraction of sp³-hybridized carbons (Fsp3) is 0.538. The van der Waals surface area contributed by atoms with Gasteiger partial charge in [0.2, 0.25) is 0 Å². The van der Waals surface area contributed by atoms with E-state index in [1.165, 1.54) is 26.4 Å². The Balaban J connectivity index is 1.95. The third-order valence-electron chi connectivity index (χ3n) is 3.43. The van der Waals surface area contributed by atoms with E-state index in [-0.39, 0.29) is 5.69 Å². The normalized spacial score (nSPS) is 15.2. The topological polar surface area (TPSA) is 64.4 Å². The molecule has 1 N–H and O–H groups in total. The van der Waals surface area contributed by atoms with Crippen molar-refractivity contribution in [2.24, 2.45) is 5.92 Å². The van der Waals surface area contributed by atoms with Gasteiger partial charge in [0.15, 0.2) is 5.75 Å². The minimum Gasteiger partial charge on any atom is -0.490 e. The Morgan fingerprint density at radius 3 is 2.83 bits per heavy atom. The minimum atomic E-state index is -0.408. The van der Waals surface area contributed by atoms with Crippen molar-refractivity contribution >= 4 is 5.69 Å². The number of benzene rings is 1. The van der Waals surface area contributed by atoms with Crippen molar-refractivity contribution in [1.82, 2.24) is 5.32 Å². The summed E-state index contributed by atoms with van der Waals surface area (Å²) in [6, 6.07) is 5.09. The van der Waals surface area contributed by atoms with Gasteiger partial charge >= 0.3 is 5.69 Å². The van der Waals surface area contributed by atoms with Crippen LogP contribution < -0.4 is 10.1 Å². The first kappa shape index (κ1) is 12.8. The van der Waals surface area contributed by atoms with Gasteiger partial charge in [-0.15, -0.1) is 0 Å². The van der Waals surface area contributed by atoms with Gasteiger partial charge in [0.25, 0.3) is 0 Å². The van der Waals surface area contributed by atoms with E-state index >= 15 is 0 Å². The number of ether oxygens (including phenoxy) is 1. The SMILES string of the molecule is COc1ccc(CNCC2CCC2)cc1[N+](=O)[O-]. The maximum absolute atomic E-state index is 10.9. The maximum atomic E-state index is 10.9. The second-order valence-electron chi connectivity index (χ2n) is 4.69. The highest BCUT2D eigenvalue weighted by atomic mass is 16.6. The number of nitrogens with zero attached hydrogens (tertiary/aromatic N) is 1. The van der Waals surface area contributed by atoms with Gasteiger partial charge in [-0.3, -0.25) is 10.1 Å². The number of nitrogens with one attached hydrogen (secondary N) is 1. The highest BCUT2D eigenvalue weighted by molar-refractivity contribution is 5.48. The third-order valence-corrected chi connectivity index (χ3v) is 3.43. The molecule has 5 heteroatoms. The van der Waals surface area contributed by atoms with Gasteiger partial charge in [-0.1, -0.05) is 12.5 Å². The van der Waals surface area contributed by atoms with Crippen molar-refractivity contribution in [3.8, 4) is 5.75 Å². The van der Waals surface area contributed by atoms with Crippen molar-refractivity contribution in [1.29, 1.82) is 0 Å². The molecule has 0 spiro atoms. The smallest absolute Gasteiger partial charge is 0.311 e. The lowest BCUT2D eigenvalue weighted by molar-refractivity contribution is -0.385. The Kier molecular flexibility index (Phi) is 4.15. The molecule has 5 nitrogen and oxygen atoms in total. The van der Waals surface area contributed by atoms with Gasteiger partial charge in [-0.2, -0.15) is 0 Å². The van der Waals surface area contributed by atoms with Crippen molar-refractivity contribution in [3.05, 3.63) is 33.9 Å². The Labute approximate surface area is 106 Å². The Hall–Kier alpha value is -1.62. The van der Waals surface area contributed by atoms with Crippen molar-refractivity contribution < 1.29 is 9.66 Å². The lowest BCUT2D eigenvalue weighted by atomic mass is 9.85. The molecule has 1 aromatic carbocycles. The van der Waals surface area contributed by atoms with Crippen LogP contribution in [0.5, 0.6) is 5.75 Å². The summed E-state index contributed by atoms with van der Waals surface area (Å²) in [7, 11) is 1.44. The first-order valence-corrected chi connectivity index (χ1v) is 6.22. The predicted octanol–water partition coefficient (Wildman–Crippen LogP) is 2.49. The summed E-state index contributed by atoms with van der Waals surface area (Å²) in [5.41, 5.74) is 0.947. The van der Waals surface area contributed by atoms with Crippen LogP contribution in [0.2, 0.25) is 0 Å². The minimum absolute atomic E-state index is 0.0282. The van der Waals surface area contributed by atoms with Crippen LogP contribution in [0.15, 0.2) is 18.2 Å². The molecule has 0 bridgehead atoms. The predicted molar refractivity (Wildman–Crippen MR) is 68.7 cm³/mol. The fourth-order valence-electron chi connectivity index (χ4n) is 2.11. The zero-order valence-electron chi connectivity index (χ0n) is 10.5. The molecule has 0 saturated heterocycles. The van der Waals surface area contributed by atoms with Crippen LogP contribution in [0, 0.1) is 16.0 Å². The van der Waals surface area contributed by atoms with Crippen LogP contribution in [0.1, 0.15) is 24.8 Å². The van der Waals surface area contributed by atoms with Crippen LogP contribution >= 0.6 is 0 Å². The summed E-state index contributed by atoms with van der Waals surface area (Å²) in [6.45, 7) is 1.67. The summed E-state index contributed by atoms with van der Waals surface area (Å²) >= 11 is 0. The number of rotatable bonds is 6. The summed E-state index contributed by atoms with van der Waals surface area (Å²) in [5.74, 6) is 1.10. The molecule has 0 radical (unpaired) electrons. The van der Waals surface area contributed by atoms with E-state index in [1.807, 2.05) is 6.07 Å². The van der Waals surface area contributed by atoms with Crippen LogP contribution in [0.4, 0.5) is 5.69 Å². The summed E-state index contributed by atoms with van der Waals surface area (Å²) in [4.78, 5) is 10.5. The molecule has 0 heterocycles. The van der Waals surface area contributed by atoms with Gasteiger partial charge in [-0.05, 0) is 36.9 Å². The van der Waals surface area contributed by atoms with E-state index in [9.17, 15) is 10.1 Å². The van der Waals surface area contributed by atoms with E-state index in [2.05, 4.69) is 5.32 Å². The van der Waals surface area contributed by atoms with E-state index in [0.29, 0.717) is 12.3 Å². The monoisotopic (exact) mass is 250 g/mol. The largest absolute Gasteiger partial charge is 0.490 e. The first-order chi connectivity index (χ1) is 8.70. The molecule has 1 fully saturated rings. The van der Waals surface area contributed by atoms with Crippen molar-refractivity contribution in [2.75, 3.05) is 13.7 Å². The zero-order valence-corrected chi connectivity index (χ0v) is 10.5. The molecule has 1 aliphatic rings. The Bertz CT molecular complexity index is 430. The Morgan fingerprint density at radius 2 is 2.28 bits per heavy atom. The number of hydrogen-bond acceptors (Lipinski definition) is 4.